The molecule has 3 rings (SSSR count). The van der Waals surface area contributed by atoms with Gasteiger partial charge in [-0.15, -0.1) is 0 Å². The number of benzene rings is 1. The highest BCUT2D eigenvalue weighted by molar-refractivity contribution is 7.89. The minimum absolute atomic E-state index is 0.0380. The predicted molar refractivity (Wildman–Crippen MR) is 107 cm³/mol. The second kappa shape index (κ2) is 7.39. The fourth-order valence-corrected chi connectivity index (χ4v) is 4.42. The van der Waals surface area contributed by atoms with Gasteiger partial charge in [0.15, 0.2) is 0 Å². The highest BCUT2D eigenvalue weighted by Crippen LogP contribution is 2.36. The molecule has 0 N–H and O–H groups in total. The van der Waals surface area contributed by atoms with Gasteiger partial charge in [-0.2, -0.15) is 0 Å². The van der Waals surface area contributed by atoms with E-state index in [0.29, 0.717) is 25.9 Å². The first kappa shape index (κ1) is 20.6. The first-order valence-electron chi connectivity index (χ1n) is 9.64. The van der Waals surface area contributed by atoms with Crippen LogP contribution in [0.25, 0.3) is 0 Å². The molecule has 0 saturated carbocycles. The third-order valence-corrected chi connectivity index (χ3v) is 7.75. The zero-order chi connectivity index (χ0) is 19.9. The van der Waals surface area contributed by atoms with Crippen molar-refractivity contribution in [3.63, 3.8) is 0 Å². The van der Waals surface area contributed by atoms with E-state index in [4.69, 9.17) is 14.0 Å². The largest absolute Gasteiger partial charge is 0.494 e. The first-order chi connectivity index (χ1) is 12.5. The lowest BCUT2D eigenvalue weighted by atomic mass is 9.79. The molecule has 2 aliphatic rings. The Kier molecular flexibility index (Phi) is 5.65. The van der Waals surface area contributed by atoms with Crippen molar-refractivity contribution < 1.29 is 22.5 Å². The van der Waals surface area contributed by atoms with Gasteiger partial charge in [-0.3, -0.25) is 0 Å². The van der Waals surface area contributed by atoms with Crippen molar-refractivity contribution in [3.05, 3.63) is 24.3 Å². The molecule has 8 heteroatoms. The van der Waals surface area contributed by atoms with Crippen molar-refractivity contribution in [2.24, 2.45) is 0 Å². The molecule has 2 aliphatic heterocycles. The molecule has 0 spiro atoms. The summed E-state index contributed by atoms with van der Waals surface area (Å²) in [6.45, 7) is 10.9. The zero-order valence-corrected chi connectivity index (χ0v) is 17.7. The molecule has 6 nitrogen and oxygen atoms in total. The van der Waals surface area contributed by atoms with E-state index in [1.807, 2.05) is 52.0 Å². The fraction of sp³-hybridized carbons (Fsp3) is 0.684. The SMILES string of the molecule is CCS(=O)(=O)N1CCC(Oc2ccc(B3OC(C)(C)C(C)(C)O3)cc2)CC1. The van der Waals surface area contributed by atoms with Gasteiger partial charge in [0, 0.05) is 13.1 Å². The van der Waals surface area contributed by atoms with E-state index in [1.54, 1.807) is 11.2 Å². The quantitative estimate of drug-likeness (QED) is 0.715. The standard InChI is InChI=1S/C19H30BNO5S/c1-6-27(22,23)21-13-11-17(12-14-21)24-16-9-7-15(8-10-16)20-25-18(2,3)19(4,5)26-20/h7-10,17H,6,11-14H2,1-5H3. The zero-order valence-electron chi connectivity index (χ0n) is 16.9. The van der Waals surface area contributed by atoms with Gasteiger partial charge in [-0.1, -0.05) is 12.1 Å². The summed E-state index contributed by atoms with van der Waals surface area (Å²) in [6, 6.07) is 7.79. The van der Waals surface area contributed by atoms with Crippen LogP contribution in [0.3, 0.4) is 0 Å². The van der Waals surface area contributed by atoms with Gasteiger partial charge in [-0.25, -0.2) is 12.7 Å². The van der Waals surface area contributed by atoms with Crippen molar-refractivity contribution in [3.8, 4) is 5.75 Å². The molecule has 2 saturated heterocycles. The maximum Gasteiger partial charge on any atom is 0.494 e. The van der Waals surface area contributed by atoms with E-state index in [-0.39, 0.29) is 30.2 Å². The summed E-state index contributed by atoms with van der Waals surface area (Å²) in [5.74, 6) is 0.936. The third kappa shape index (κ3) is 4.34. The number of hydrogen-bond acceptors (Lipinski definition) is 5. The lowest BCUT2D eigenvalue weighted by Gasteiger charge is -2.32. The molecule has 0 bridgehead atoms. The molecule has 0 atom stereocenters. The summed E-state index contributed by atoms with van der Waals surface area (Å²) in [5.41, 5.74) is 0.240. The topological polar surface area (TPSA) is 65.1 Å². The van der Waals surface area contributed by atoms with Crippen LogP contribution in [0, 0.1) is 0 Å². The molecular weight excluding hydrogens is 365 g/mol. The van der Waals surface area contributed by atoms with Gasteiger partial charge >= 0.3 is 7.12 Å². The lowest BCUT2D eigenvalue weighted by Crippen LogP contribution is -2.42. The molecule has 2 fully saturated rings. The average Bonchev–Trinajstić information content (AvgIpc) is 2.84. The molecule has 2 heterocycles. The molecule has 1 aromatic rings. The summed E-state index contributed by atoms with van der Waals surface area (Å²) in [4.78, 5) is 0. The maximum absolute atomic E-state index is 11.9. The molecule has 150 valence electrons. The van der Waals surface area contributed by atoms with Crippen LogP contribution in [0.4, 0.5) is 0 Å². The molecule has 0 amide bonds. The normalized spacial score (nSPS) is 23.5. The second-order valence-electron chi connectivity index (χ2n) is 8.27. The summed E-state index contributed by atoms with van der Waals surface area (Å²) in [5, 5.41) is 0. The Bertz CT molecular complexity index is 739. The van der Waals surface area contributed by atoms with Crippen LogP contribution >= 0.6 is 0 Å². The lowest BCUT2D eigenvalue weighted by molar-refractivity contribution is 0.00578. The number of nitrogens with zero attached hydrogens (tertiary/aromatic N) is 1. The number of sulfonamides is 1. The van der Waals surface area contributed by atoms with E-state index in [9.17, 15) is 8.42 Å². The Morgan fingerprint density at radius 1 is 1.07 bits per heavy atom. The van der Waals surface area contributed by atoms with Crippen LogP contribution < -0.4 is 10.2 Å². The highest BCUT2D eigenvalue weighted by Gasteiger charge is 2.51. The molecule has 0 radical (unpaired) electrons. The van der Waals surface area contributed by atoms with Gasteiger partial charge in [0.05, 0.1) is 17.0 Å². The Labute approximate surface area is 163 Å². The van der Waals surface area contributed by atoms with Gasteiger partial charge in [0.25, 0.3) is 0 Å². The van der Waals surface area contributed by atoms with Crippen LogP contribution in [-0.2, 0) is 19.3 Å². The fourth-order valence-electron chi connectivity index (χ4n) is 3.29. The monoisotopic (exact) mass is 395 g/mol. The predicted octanol–water partition coefficient (Wildman–Crippen LogP) is 2.18. The van der Waals surface area contributed by atoms with Crippen molar-refractivity contribution >= 4 is 22.6 Å². The molecule has 27 heavy (non-hydrogen) atoms. The van der Waals surface area contributed by atoms with Crippen LogP contribution in [0.5, 0.6) is 5.75 Å². The molecule has 0 unspecified atom stereocenters. The van der Waals surface area contributed by atoms with Crippen LogP contribution in [0.15, 0.2) is 24.3 Å². The minimum atomic E-state index is -3.10. The van der Waals surface area contributed by atoms with Crippen LogP contribution in [0.1, 0.15) is 47.5 Å². The molecule has 0 aromatic heterocycles. The second-order valence-corrected chi connectivity index (χ2v) is 10.5. The van der Waals surface area contributed by atoms with Crippen molar-refractivity contribution in [1.82, 2.24) is 4.31 Å². The smallest absolute Gasteiger partial charge is 0.490 e. The summed E-state index contributed by atoms with van der Waals surface area (Å²) >= 11 is 0. The number of ether oxygens (including phenoxy) is 1. The molecular formula is C19H30BNO5S. The van der Waals surface area contributed by atoms with Crippen molar-refractivity contribution in [2.45, 2.75) is 64.8 Å². The first-order valence-corrected chi connectivity index (χ1v) is 11.2. The molecule has 0 aliphatic carbocycles. The van der Waals surface area contributed by atoms with Crippen molar-refractivity contribution in [1.29, 1.82) is 0 Å². The van der Waals surface area contributed by atoms with E-state index in [0.717, 1.165) is 11.2 Å². The van der Waals surface area contributed by atoms with Gasteiger partial charge in [0.2, 0.25) is 10.0 Å². The van der Waals surface area contributed by atoms with Gasteiger partial charge in [-0.05, 0) is 65.1 Å². The highest BCUT2D eigenvalue weighted by atomic mass is 32.2. The van der Waals surface area contributed by atoms with Crippen LogP contribution in [-0.4, -0.2) is 56.0 Å². The summed E-state index contributed by atoms with van der Waals surface area (Å²) in [7, 11) is -3.48. The molecule has 1 aromatic carbocycles. The number of rotatable bonds is 5. The Morgan fingerprint density at radius 2 is 1.59 bits per heavy atom. The summed E-state index contributed by atoms with van der Waals surface area (Å²) < 4.78 is 43.6. The summed E-state index contributed by atoms with van der Waals surface area (Å²) in [6.07, 6.45) is 1.45. The number of piperidine rings is 1. The van der Waals surface area contributed by atoms with Gasteiger partial charge < -0.3 is 14.0 Å². The average molecular weight is 395 g/mol. The number of hydrogen-bond donors (Lipinski definition) is 0. The Hall–Kier alpha value is -1.09. The minimum Gasteiger partial charge on any atom is -0.490 e. The Morgan fingerprint density at radius 3 is 2.07 bits per heavy atom. The Balaban J connectivity index is 1.57. The third-order valence-electron chi connectivity index (χ3n) is 5.87. The van der Waals surface area contributed by atoms with Gasteiger partial charge in [0.1, 0.15) is 11.9 Å². The maximum atomic E-state index is 11.9. The van der Waals surface area contributed by atoms with Crippen LogP contribution in [0.2, 0.25) is 0 Å². The van der Waals surface area contributed by atoms with Crippen molar-refractivity contribution in [2.75, 3.05) is 18.8 Å². The van der Waals surface area contributed by atoms with E-state index in [1.165, 1.54) is 0 Å². The van der Waals surface area contributed by atoms with E-state index >= 15 is 0 Å². The van der Waals surface area contributed by atoms with E-state index < -0.39 is 10.0 Å². The van der Waals surface area contributed by atoms with E-state index in [2.05, 4.69) is 0 Å².